The number of thioether (sulfide) groups is 1. The first kappa shape index (κ1) is 15.8. The predicted molar refractivity (Wildman–Crippen MR) is 92.4 cm³/mol. The molecular weight excluding hydrogens is 312 g/mol. The van der Waals surface area contributed by atoms with E-state index in [2.05, 4.69) is 0 Å². The Kier molecular flexibility index (Phi) is 4.50. The van der Waals surface area contributed by atoms with Gasteiger partial charge < -0.3 is 19.4 Å². The molecule has 1 heterocycles. The molecule has 0 amide bonds. The summed E-state index contributed by atoms with van der Waals surface area (Å²) in [5.74, 6) is 1.36. The largest absolute Gasteiger partial charge is 0.507 e. The van der Waals surface area contributed by atoms with E-state index in [1.807, 2.05) is 24.5 Å². The van der Waals surface area contributed by atoms with Crippen LogP contribution in [0.4, 0.5) is 0 Å². The molecule has 5 heteroatoms. The second-order valence-electron chi connectivity index (χ2n) is 5.15. The number of phenols is 1. The Bertz CT molecular complexity index is 838. The molecule has 0 bridgehead atoms. The van der Waals surface area contributed by atoms with Crippen molar-refractivity contribution in [1.29, 1.82) is 0 Å². The number of rotatable bonds is 5. The lowest BCUT2D eigenvalue weighted by molar-refractivity contribution is 0.299. The van der Waals surface area contributed by atoms with Gasteiger partial charge in [0.2, 0.25) is 0 Å². The molecule has 2 N–H and O–H groups in total. The van der Waals surface area contributed by atoms with E-state index in [9.17, 15) is 5.11 Å². The second-order valence-corrected chi connectivity index (χ2v) is 5.97. The van der Waals surface area contributed by atoms with Crippen LogP contribution < -0.4 is 4.74 Å². The summed E-state index contributed by atoms with van der Waals surface area (Å²) in [4.78, 5) is 0.972. The van der Waals surface area contributed by atoms with Crippen LogP contribution in [0, 0.1) is 0 Å². The number of methoxy groups -OCH3 is 1. The monoisotopic (exact) mass is 330 g/mol. The van der Waals surface area contributed by atoms with Gasteiger partial charge in [-0.25, -0.2) is 0 Å². The summed E-state index contributed by atoms with van der Waals surface area (Å²) >= 11 is 1.57. The summed E-state index contributed by atoms with van der Waals surface area (Å²) in [5, 5.41) is 20.4. The third-order valence-corrected chi connectivity index (χ3v) is 4.57. The van der Waals surface area contributed by atoms with Crippen LogP contribution in [0.3, 0.4) is 0 Å². The van der Waals surface area contributed by atoms with Gasteiger partial charge in [-0.3, -0.25) is 0 Å². The standard InChI is InChI=1S/C18H18O4S/c1-21-12-4-5-13(15(20)10-12)17-18(23-2)14-9-11(7-8-19)3-6-16(14)22-17/h3-6,9-10,19-20H,7-8H2,1-2H3. The van der Waals surface area contributed by atoms with E-state index in [1.54, 1.807) is 37.1 Å². The molecule has 2 aromatic carbocycles. The molecule has 1 aromatic heterocycles. The molecule has 0 unspecified atom stereocenters. The highest BCUT2D eigenvalue weighted by Crippen LogP contribution is 2.43. The van der Waals surface area contributed by atoms with E-state index in [-0.39, 0.29) is 12.4 Å². The van der Waals surface area contributed by atoms with Gasteiger partial charge in [-0.05, 0) is 42.5 Å². The smallest absolute Gasteiger partial charge is 0.152 e. The van der Waals surface area contributed by atoms with Crippen molar-refractivity contribution >= 4 is 22.7 Å². The number of fused-ring (bicyclic) bond motifs is 1. The highest BCUT2D eigenvalue weighted by Gasteiger charge is 2.18. The molecule has 120 valence electrons. The van der Waals surface area contributed by atoms with E-state index in [1.165, 1.54) is 0 Å². The van der Waals surface area contributed by atoms with E-state index in [4.69, 9.17) is 14.3 Å². The third-order valence-electron chi connectivity index (χ3n) is 3.76. The summed E-state index contributed by atoms with van der Waals surface area (Å²) in [6.07, 6.45) is 2.59. The zero-order valence-electron chi connectivity index (χ0n) is 13.0. The Morgan fingerprint density at radius 3 is 2.65 bits per heavy atom. The van der Waals surface area contributed by atoms with Crippen molar-refractivity contribution in [3.8, 4) is 22.8 Å². The SMILES string of the molecule is COc1ccc(-c2oc3ccc(CCO)cc3c2SC)c(O)c1. The molecule has 0 fully saturated rings. The number of ether oxygens (including phenoxy) is 1. The maximum absolute atomic E-state index is 10.3. The average molecular weight is 330 g/mol. The van der Waals surface area contributed by atoms with Crippen molar-refractivity contribution in [3.63, 3.8) is 0 Å². The van der Waals surface area contributed by atoms with Gasteiger partial charge in [0.05, 0.1) is 17.6 Å². The topological polar surface area (TPSA) is 62.8 Å². The maximum Gasteiger partial charge on any atom is 0.152 e. The first-order valence-electron chi connectivity index (χ1n) is 7.25. The molecule has 3 aromatic rings. The maximum atomic E-state index is 10.3. The lowest BCUT2D eigenvalue weighted by Crippen LogP contribution is -1.89. The summed E-state index contributed by atoms with van der Waals surface area (Å²) < 4.78 is 11.1. The van der Waals surface area contributed by atoms with Gasteiger partial charge in [-0.2, -0.15) is 0 Å². The quantitative estimate of drug-likeness (QED) is 0.691. The number of furan rings is 1. The number of aliphatic hydroxyl groups is 1. The van der Waals surface area contributed by atoms with Crippen molar-refractivity contribution in [2.75, 3.05) is 20.0 Å². The molecule has 0 atom stereocenters. The van der Waals surface area contributed by atoms with Gasteiger partial charge in [0.1, 0.15) is 17.1 Å². The summed E-state index contributed by atoms with van der Waals surface area (Å²) in [6, 6.07) is 11.0. The van der Waals surface area contributed by atoms with E-state index in [0.717, 1.165) is 21.4 Å². The Hall–Kier alpha value is -2.11. The molecule has 0 aliphatic heterocycles. The number of hydrogen-bond acceptors (Lipinski definition) is 5. The van der Waals surface area contributed by atoms with Gasteiger partial charge in [0.25, 0.3) is 0 Å². The third kappa shape index (κ3) is 2.90. The predicted octanol–water partition coefficient (Wildman–Crippen LogP) is 4.07. The Balaban J connectivity index is 2.17. The molecule has 0 saturated heterocycles. The van der Waals surface area contributed by atoms with Crippen molar-refractivity contribution in [2.45, 2.75) is 11.3 Å². The van der Waals surface area contributed by atoms with Gasteiger partial charge in [-0.15, -0.1) is 11.8 Å². The average Bonchev–Trinajstić information content (AvgIpc) is 2.92. The highest BCUT2D eigenvalue weighted by atomic mass is 32.2. The molecule has 4 nitrogen and oxygen atoms in total. The number of hydrogen-bond donors (Lipinski definition) is 2. The molecule has 0 spiro atoms. The van der Waals surface area contributed by atoms with Crippen molar-refractivity contribution < 1.29 is 19.4 Å². The lowest BCUT2D eigenvalue weighted by atomic mass is 10.1. The minimum Gasteiger partial charge on any atom is -0.507 e. The summed E-state index contributed by atoms with van der Waals surface area (Å²) in [7, 11) is 1.56. The summed E-state index contributed by atoms with van der Waals surface area (Å²) in [6.45, 7) is 0.115. The van der Waals surface area contributed by atoms with E-state index >= 15 is 0 Å². The minimum absolute atomic E-state index is 0.115. The fourth-order valence-electron chi connectivity index (χ4n) is 2.62. The van der Waals surface area contributed by atoms with Crippen LogP contribution in [0.1, 0.15) is 5.56 Å². The minimum atomic E-state index is 0.115. The van der Waals surface area contributed by atoms with Crippen LogP contribution >= 0.6 is 11.8 Å². The normalized spacial score (nSPS) is 11.1. The van der Waals surface area contributed by atoms with Crippen molar-refractivity contribution in [3.05, 3.63) is 42.0 Å². The van der Waals surface area contributed by atoms with Crippen LogP contribution in [0.25, 0.3) is 22.3 Å². The van der Waals surface area contributed by atoms with E-state index < -0.39 is 0 Å². The number of aromatic hydroxyl groups is 1. The van der Waals surface area contributed by atoms with Gasteiger partial charge in [0.15, 0.2) is 5.76 Å². The lowest BCUT2D eigenvalue weighted by Gasteiger charge is -2.06. The fraction of sp³-hybridized carbons (Fsp3) is 0.222. The Morgan fingerprint density at radius 1 is 1.17 bits per heavy atom. The number of phenolic OH excluding ortho intramolecular Hbond substituents is 1. The molecule has 0 radical (unpaired) electrons. The zero-order valence-corrected chi connectivity index (χ0v) is 13.8. The molecule has 3 rings (SSSR count). The van der Waals surface area contributed by atoms with Crippen LogP contribution in [-0.4, -0.2) is 30.2 Å². The molecule has 0 aliphatic carbocycles. The molecule has 0 aliphatic rings. The van der Waals surface area contributed by atoms with Gasteiger partial charge in [-0.1, -0.05) is 6.07 Å². The van der Waals surface area contributed by atoms with E-state index in [0.29, 0.717) is 23.5 Å². The fourth-order valence-corrected chi connectivity index (χ4v) is 3.33. The number of aliphatic hydroxyl groups excluding tert-OH is 1. The van der Waals surface area contributed by atoms with Crippen molar-refractivity contribution in [2.24, 2.45) is 0 Å². The summed E-state index contributed by atoms with van der Waals surface area (Å²) in [5.41, 5.74) is 2.46. The first-order chi connectivity index (χ1) is 11.2. The number of benzene rings is 2. The van der Waals surface area contributed by atoms with Crippen LogP contribution in [0.5, 0.6) is 11.5 Å². The first-order valence-corrected chi connectivity index (χ1v) is 8.48. The Morgan fingerprint density at radius 2 is 2.00 bits per heavy atom. The molecule has 23 heavy (non-hydrogen) atoms. The molecular formula is C18H18O4S. The van der Waals surface area contributed by atoms with Gasteiger partial charge in [0, 0.05) is 18.1 Å². The zero-order chi connectivity index (χ0) is 16.4. The van der Waals surface area contributed by atoms with Gasteiger partial charge >= 0.3 is 0 Å². The highest BCUT2D eigenvalue weighted by molar-refractivity contribution is 7.99. The van der Waals surface area contributed by atoms with Crippen LogP contribution in [0.15, 0.2) is 45.7 Å². The Labute approximate surface area is 138 Å². The molecule has 0 saturated carbocycles. The van der Waals surface area contributed by atoms with Crippen LogP contribution in [-0.2, 0) is 6.42 Å². The van der Waals surface area contributed by atoms with Crippen LogP contribution in [0.2, 0.25) is 0 Å². The van der Waals surface area contributed by atoms with Crippen molar-refractivity contribution in [1.82, 2.24) is 0 Å². The second kappa shape index (κ2) is 6.56.